The lowest BCUT2D eigenvalue weighted by Gasteiger charge is -1.90. The maximum Gasteiger partial charge on any atom is 0.433 e. The Kier molecular flexibility index (Phi) is 1.81. The van der Waals surface area contributed by atoms with Gasteiger partial charge in [-0.1, -0.05) is 0 Å². The van der Waals surface area contributed by atoms with Gasteiger partial charge in [0.15, 0.2) is 0 Å². The van der Waals surface area contributed by atoms with Gasteiger partial charge in [0.25, 0.3) is 0 Å². The van der Waals surface area contributed by atoms with Crippen LogP contribution in [0.5, 0.6) is 0 Å². The summed E-state index contributed by atoms with van der Waals surface area (Å²) >= 11 is 0. The number of rotatable bonds is 3. The summed E-state index contributed by atoms with van der Waals surface area (Å²) in [5.74, 6) is 1.27. The van der Waals surface area contributed by atoms with Gasteiger partial charge in [-0.3, -0.25) is 10.1 Å². The first-order chi connectivity index (χ1) is 6.22. The van der Waals surface area contributed by atoms with E-state index in [0.717, 1.165) is 6.42 Å². The molecule has 5 nitrogen and oxygen atoms in total. The Labute approximate surface area is 74.7 Å². The summed E-state index contributed by atoms with van der Waals surface area (Å²) in [5, 5.41) is 10.3. The predicted octanol–water partition coefficient (Wildman–Crippen LogP) is 1.25. The molecule has 0 spiro atoms. The van der Waals surface area contributed by atoms with Crippen LogP contribution in [-0.4, -0.2) is 11.5 Å². The number of hydrogen-bond donors (Lipinski definition) is 1. The topological polar surface area (TPSA) is 82.3 Å². The van der Waals surface area contributed by atoms with Crippen LogP contribution in [0.15, 0.2) is 16.5 Å². The molecule has 1 aromatic heterocycles. The van der Waals surface area contributed by atoms with Gasteiger partial charge in [-0.05, 0) is 24.9 Å². The Hall–Kier alpha value is -1.36. The molecule has 0 unspecified atom stereocenters. The van der Waals surface area contributed by atoms with Gasteiger partial charge in [0.2, 0.25) is 0 Å². The minimum absolute atomic E-state index is 0.183. The van der Waals surface area contributed by atoms with Crippen LogP contribution in [0.3, 0.4) is 0 Å². The van der Waals surface area contributed by atoms with E-state index in [4.69, 9.17) is 10.2 Å². The largest absolute Gasteiger partial charge is 0.433 e. The Balaban J connectivity index is 2.11. The first-order valence-corrected chi connectivity index (χ1v) is 4.16. The van der Waals surface area contributed by atoms with Gasteiger partial charge in [-0.2, -0.15) is 0 Å². The smallest absolute Gasteiger partial charge is 0.406 e. The van der Waals surface area contributed by atoms with Crippen LogP contribution in [0.25, 0.3) is 0 Å². The van der Waals surface area contributed by atoms with Gasteiger partial charge < -0.3 is 10.2 Å². The minimum Gasteiger partial charge on any atom is -0.406 e. The fraction of sp³-hybridized carbons (Fsp3) is 0.500. The summed E-state index contributed by atoms with van der Waals surface area (Å²) in [6.07, 6.45) is 0.987. The van der Waals surface area contributed by atoms with Crippen molar-refractivity contribution >= 4 is 5.88 Å². The lowest BCUT2D eigenvalue weighted by atomic mass is 10.2. The zero-order valence-corrected chi connectivity index (χ0v) is 6.97. The Morgan fingerprint density at radius 3 is 2.92 bits per heavy atom. The van der Waals surface area contributed by atoms with Gasteiger partial charge >= 0.3 is 5.88 Å². The van der Waals surface area contributed by atoms with E-state index in [1.807, 2.05) is 0 Å². The molecule has 0 aliphatic heterocycles. The van der Waals surface area contributed by atoms with Crippen molar-refractivity contribution in [1.29, 1.82) is 0 Å². The lowest BCUT2D eigenvalue weighted by molar-refractivity contribution is -0.402. The van der Waals surface area contributed by atoms with Gasteiger partial charge in [0, 0.05) is 5.92 Å². The Morgan fingerprint density at radius 1 is 1.69 bits per heavy atom. The molecular formula is C8H10N2O3. The van der Waals surface area contributed by atoms with Crippen molar-refractivity contribution < 1.29 is 9.34 Å². The van der Waals surface area contributed by atoms with E-state index in [1.54, 1.807) is 6.07 Å². The second-order valence-corrected chi connectivity index (χ2v) is 3.27. The number of furan rings is 1. The number of nitrogens with zero attached hydrogens (tertiary/aromatic N) is 1. The van der Waals surface area contributed by atoms with Crippen molar-refractivity contribution in [2.45, 2.75) is 12.3 Å². The standard InChI is InChI=1S/C8H10N2O3/c9-4-5-3-6(5)7-1-2-8(13-7)10(11)12/h1-2,5-6H,3-4,9H2/t5-,6+/m0/s1. The highest BCUT2D eigenvalue weighted by Gasteiger charge is 2.40. The van der Waals surface area contributed by atoms with Crippen LogP contribution in [0.4, 0.5) is 5.88 Å². The summed E-state index contributed by atoms with van der Waals surface area (Å²) < 4.78 is 5.05. The third kappa shape index (κ3) is 1.42. The zero-order chi connectivity index (χ0) is 9.42. The van der Waals surface area contributed by atoms with E-state index in [-0.39, 0.29) is 5.88 Å². The molecule has 1 heterocycles. The summed E-state index contributed by atoms with van der Waals surface area (Å²) in [7, 11) is 0. The van der Waals surface area contributed by atoms with E-state index >= 15 is 0 Å². The molecule has 1 aliphatic carbocycles. The molecule has 70 valence electrons. The lowest BCUT2D eigenvalue weighted by Crippen LogP contribution is -2.01. The van der Waals surface area contributed by atoms with E-state index in [0.29, 0.717) is 24.1 Å². The predicted molar refractivity (Wildman–Crippen MR) is 45.3 cm³/mol. The monoisotopic (exact) mass is 182 g/mol. The average Bonchev–Trinajstić information content (AvgIpc) is 2.73. The molecular weight excluding hydrogens is 172 g/mol. The Bertz CT molecular complexity index is 334. The minimum atomic E-state index is -0.524. The van der Waals surface area contributed by atoms with Gasteiger partial charge in [-0.25, -0.2) is 0 Å². The number of hydrogen-bond acceptors (Lipinski definition) is 4. The van der Waals surface area contributed by atoms with Crippen molar-refractivity contribution in [3.05, 3.63) is 28.0 Å². The fourth-order valence-corrected chi connectivity index (χ4v) is 1.50. The second-order valence-electron chi connectivity index (χ2n) is 3.27. The molecule has 0 aromatic carbocycles. The molecule has 1 saturated carbocycles. The van der Waals surface area contributed by atoms with Crippen molar-refractivity contribution in [3.8, 4) is 0 Å². The first-order valence-electron chi connectivity index (χ1n) is 4.16. The summed E-state index contributed by atoms with van der Waals surface area (Å²) in [5.41, 5.74) is 5.45. The first kappa shape index (κ1) is 8.25. The van der Waals surface area contributed by atoms with Gasteiger partial charge in [0.05, 0.1) is 6.07 Å². The molecule has 0 bridgehead atoms. The van der Waals surface area contributed by atoms with Crippen molar-refractivity contribution in [2.24, 2.45) is 11.7 Å². The highest BCUT2D eigenvalue weighted by molar-refractivity contribution is 5.24. The van der Waals surface area contributed by atoms with Crippen molar-refractivity contribution in [3.63, 3.8) is 0 Å². The average molecular weight is 182 g/mol. The molecule has 2 rings (SSSR count). The van der Waals surface area contributed by atoms with Crippen LogP contribution in [0.2, 0.25) is 0 Å². The molecule has 1 fully saturated rings. The second kappa shape index (κ2) is 2.85. The maximum atomic E-state index is 10.3. The molecule has 1 aliphatic rings. The zero-order valence-electron chi connectivity index (χ0n) is 6.97. The SMILES string of the molecule is NC[C@@H]1C[C@H]1c1ccc([N+](=O)[O-])o1. The molecule has 0 radical (unpaired) electrons. The van der Waals surface area contributed by atoms with Gasteiger partial charge in [0.1, 0.15) is 10.7 Å². The maximum absolute atomic E-state index is 10.3. The van der Waals surface area contributed by atoms with Crippen LogP contribution >= 0.6 is 0 Å². The third-order valence-corrected chi connectivity index (χ3v) is 2.38. The summed E-state index contributed by atoms with van der Waals surface area (Å²) in [6.45, 7) is 0.624. The molecule has 0 saturated heterocycles. The molecule has 5 heteroatoms. The van der Waals surface area contributed by atoms with E-state index < -0.39 is 4.92 Å². The third-order valence-electron chi connectivity index (χ3n) is 2.38. The van der Waals surface area contributed by atoms with E-state index in [1.165, 1.54) is 6.07 Å². The van der Waals surface area contributed by atoms with Crippen LogP contribution < -0.4 is 5.73 Å². The molecule has 2 N–H and O–H groups in total. The number of nitro groups is 1. The van der Waals surface area contributed by atoms with Crippen LogP contribution in [0.1, 0.15) is 18.1 Å². The van der Waals surface area contributed by atoms with Crippen LogP contribution in [0, 0.1) is 16.0 Å². The molecule has 13 heavy (non-hydrogen) atoms. The Morgan fingerprint density at radius 2 is 2.46 bits per heavy atom. The van der Waals surface area contributed by atoms with E-state index in [9.17, 15) is 10.1 Å². The normalized spacial score (nSPS) is 25.9. The van der Waals surface area contributed by atoms with Crippen molar-refractivity contribution in [2.75, 3.05) is 6.54 Å². The van der Waals surface area contributed by atoms with Crippen molar-refractivity contribution in [1.82, 2.24) is 0 Å². The highest BCUT2D eigenvalue weighted by Crippen LogP contribution is 2.47. The molecule has 1 aromatic rings. The van der Waals surface area contributed by atoms with Gasteiger partial charge in [-0.15, -0.1) is 0 Å². The highest BCUT2D eigenvalue weighted by atomic mass is 16.6. The summed E-state index contributed by atoms with van der Waals surface area (Å²) in [4.78, 5) is 9.77. The quantitative estimate of drug-likeness (QED) is 0.563. The summed E-state index contributed by atoms with van der Waals surface area (Å²) in [6, 6.07) is 3.06. The molecule has 2 atom stereocenters. The fourth-order valence-electron chi connectivity index (χ4n) is 1.50. The molecule has 0 amide bonds. The number of nitrogens with two attached hydrogens (primary N) is 1. The van der Waals surface area contributed by atoms with E-state index in [2.05, 4.69) is 0 Å². The van der Waals surface area contributed by atoms with Crippen LogP contribution in [-0.2, 0) is 0 Å².